The zero-order valence-electron chi connectivity index (χ0n) is 14.9. The predicted octanol–water partition coefficient (Wildman–Crippen LogP) is 4.90. The summed E-state index contributed by atoms with van der Waals surface area (Å²) in [6.45, 7) is 8.32. The van der Waals surface area contributed by atoms with Gasteiger partial charge in [-0.15, -0.1) is 0 Å². The van der Waals surface area contributed by atoms with Crippen molar-refractivity contribution in [3.8, 4) is 0 Å². The summed E-state index contributed by atoms with van der Waals surface area (Å²) in [5, 5.41) is 2.07. The lowest BCUT2D eigenvalue weighted by Gasteiger charge is -2.26. The molecule has 0 amide bonds. The third-order valence-corrected chi connectivity index (χ3v) is 5.03. The monoisotopic (exact) mass is 342 g/mol. The summed E-state index contributed by atoms with van der Waals surface area (Å²) in [7, 11) is 2.00. The fourth-order valence-corrected chi connectivity index (χ4v) is 3.64. The van der Waals surface area contributed by atoms with Gasteiger partial charge in [0.2, 0.25) is 5.71 Å². The maximum atomic E-state index is 6.22. The number of hydrogen-bond acceptors (Lipinski definition) is 5. The van der Waals surface area contributed by atoms with E-state index in [1.54, 1.807) is 6.20 Å². The summed E-state index contributed by atoms with van der Waals surface area (Å²) in [6, 6.07) is 12.3. The first kappa shape index (κ1) is 15.2. The minimum absolute atomic E-state index is 0.659. The molecule has 0 N–H and O–H groups in total. The highest BCUT2D eigenvalue weighted by atomic mass is 16.3. The van der Waals surface area contributed by atoms with Gasteiger partial charge in [-0.25, -0.2) is 9.97 Å². The Bertz CT molecular complexity index is 1160. The second-order valence-electron chi connectivity index (χ2n) is 6.67. The van der Waals surface area contributed by atoms with Crippen LogP contribution in [0.25, 0.3) is 22.1 Å². The van der Waals surface area contributed by atoms with Crippen molar-refractivity contribution in [1.82, 2.24) is 9.97 Å². The number of rotatable bonds is 1. The molecule has 0 saturated heterocycles. The van der Waals surface area contributed by atoms with E-state index in [4.69, 9.17) is 4.42 Å². The van der Waals surface area contributed by atoms with E-state index >= 15 is 0 Å². The molecule has 5 nitrogen and oxygen atoms in total. The van der Waals surface area contributed by atoms with E-state index in [0.717, 1.165) is 51.0 Å². The first-order valence-corrected chi connectivity index (χ1v) is 8.53. The van der Waals surface area contributed by atoms with Crippen LogP contribution in [0.15, 0.2) is 47.0 Å². The maximum Gasteiger partial charge on any atom is 0.227 e. The normalized spacial score (nSPS) is 14.6. The molecule has 4 heterocycles. The topological polar surface area (TPSA) is 45.4 Å². The van der Waals surface area contributed by atoms with Crippen molar-refractivity contribution in [1.29, 1.82) is 0 Å². The molecule has 0 spiro atoms. The van der Waals surface area contributed by atoms with Gasteiger partial charge in [0.25, 0.3) is 0 Å². The van der Waals surface area contributed by atoms with Crippen LogP contribution in [0.5, 0.6) is 0 Å². The number of fused-ring (bicyclic) bond motifs is 4. The summed E-state index contributed by atoms with van der Waals surface area (Å²) in [4.78, 5) is 13.3. The van der Waals surface area contributed by atoms with Crippen molar-refractivity contribution in [3.63, 3.8) is 0 Å². The lowest BCUT2D eigenvalue weighted by molar-refractivity contribution is 0.651. The van der Waals surface area contributed by atoms with Gasteiger partial charge < -0.3 is 9.32 Å². The van der Waals surface area contributed by atoms with Crippen molar-refractivity contribution < 1.29 is 4.42 Å². The van der Waals surface area contributed by atoms with Crippen LogP contribution in [0.1, 0.15) is 11.3 Å². The molecule has 5 heteroatoms. The summed E-state index contributed by atoms with van der Waals surface area (Å²) >= 11 is 0. The highest BCUT2D eigenvalue weighted by Gasteiger charge is 2.36. The molecule has 128 valence electrons. The average molecular weight is 342 g/mol. The zero-order valence-corrected chi connectivity index (χ0v) is 14.9. The lowest BCUT2D eigenvalue weighted by atomic mass is 10.1. The number of pyridine rings is 2. The Morgan fingerprint density at radius 3 is 2.69 bits per heavy atom. The molecule has 0 unspecified atom stereocenters. The number of aryl methyl sites for hydroxylation is 2. The van der Waals surface area contributed by atoms with Crippen LogP contribution in [-0.2, 0) is 0 Å². The van der Waals surface area contributed by atoms with Crippen molar-refractivity contribution in [2.45, 2.75) is 13.8 Å². The predicted molar refractivity (Wildman–Crippen MR) is 104 cm³/mol. The van der Waals surface area contributed by atoms with Crippen LogP contribution in [0.3, 0.4) is 0 Å². The van der Waals surface area contributed by atoms with Gasteiger partial charge in [0, 0.05) is 29.7 Å². The molecule has 5 rings (SSSR count). The Morgan fingerprint density at radius 2 is 1.85 bits per heavy atom. The third-order valence-electron chi connectivity index (χ3n) is 5.03. The third kappa shape index (κ3) is 1.91. The fourth-order valence-electron chi connectivity index (χ4n) is 3.64. The van der Waals surface area contributed by atoms with Gasteiger partial charge >= 0.3 is 0 Å². The second kappa shape index (κ2) is 5.21. The molecule has 2 radical (unpaired) electrons. The smallest absolute Gasteiger partial charge is 0.227 e. The van der Waals surface area contributed by atoms with Crippen molar-refractivity contribution >= 4 is 39.3 Å². The van der Waals surface area contributed by atoms with Crippen molar-refractivity contribution in [2.75, 3.05) is 16.8 Å². The molecule has 26 heavy (non-hydrogen) atoms. The van der Waals surface area contributed by atoms with Gasteiger partial charge in [-0.1, -0.05) is 12.1 Å². The highest BCUT2D eigenvalue weighted by Crippen LogP contribution is 2.48. The molecule has 0 aliphatic carbocycles. The first-order valence-electron chi connectivity index (χ1n) is 8.53. The van der Waals surface area contributed by atoms with E-state index in [1.165, 1.54) is 0 Å². The van der Waals surface area contributed by atoms with Gasteiger partial charge in [0.15, 0.2) is 17.6 Å². The van der Waals surface area contributed by atoms with E-state index in [0.29, 0.717) is 5.71 Å². The van der Waals surface area contributed by atoms with Crippen LogP contribution >= 0.6 is 0 Å². The molecule has 4 aromatic rings. The SMILES string of the molecule is [CH2][C]1N(C)c2cccnc2N1c1c(C)ccc2c1oc1nc(C)ccc12. The molecular formula is C21H18N4O. The van der Waals surface area contributed by atoms with Crippen LogP contribution in [0.2, 0.25) is 0 Å². The van der Waals surface area contributed by atoms with E-state index in [1.807, 2.05) is 37.1 Å². The molecule has 3 aromatic heterocycles. The van der Waals surface area contributed by atoms with E-state index in [-0.39, 0.29) is 0 Å². The lowest BCUT2D eigenvalue weighted by Crippen LogP contribution is -2.28. The zero-order chi connectivity index (χ0) is 18.0. The number of hydrogen-bond donors (Lipinski definition) is 0. The number of furan rings is 1. The number of aromatic nitrogens is 2. The van der Waals surface area contributed by atoms with E-state index in [2.05, 4.69) is 46.9 Å². The Balaban J connectivity index is 1.84. The molecule has 0 bridgehead atoms. The Morgan fingerprint density at radius 1 is 1.04 bits per heavy atom. The highest BCUT2D eigenvalue weighted by molar-refractivity contribution is 6.10. The Hall–Kier alpha value is -3.08. The second-order valence-corrected chi connectivity index (χ2v) is 6.67. The first-order chi connectivity index (χ1) is 12.6. The molecule has 0 saturated carbocycles. The average Bonchev–Trinajstić information content (AvgIpc) is 3.11. The number of benzene rings is 1. The van der Waals surface area contributed by atoms with Crippen LogP contribution < -0.4 is 9.80 Å². The minimum atomic E-state index is 0.659. The molecular weight excluding hydrogens is 324 g/mol. The summed E-state index contributed by atoms with van der Waals surface area (Å²) in [6.07, 6.45) is 2.65. The quantitative estimate of drug-likeness (QED) is 0.492. The van der Waals surface area contributed by atoms with Crippen LogP contribution in [0, 0.1) is 26.9 Å². The summed E-state index contributed by atoms with van der Waals surface area (Å²) < 4.78 is 6.22. The van der Waals surface area contributed by atoms with Crippen molar-refractivity contribution in [3.05, 3.63) is 66.9 Å². The van der Waals surface area contributed by atoms with Crippen LogP contribution in [-0.4, -0.2) is 17.0 Å². The number of anilines is 3. The van der Waals surface area contributed by atoms with Gasteiger partial charge in [0.05, 0.1) is 11.4 Å². The summed E-state index contributed by atoms with van der Waals surface area (Å²) in [5.41, 5.74) is 5.50. The number of nitrogens with zero attached hydrogens (tertiary/aromatic N) is 4. The molecule has 1 aromatic carbocycles. The summed E-state index contributed by atoms with van der Waals surface area (Å²) in [5.74, 6) is 0.861. The molecule has 0 atom stereocenters. The maximum absolute atomic E-state index is 6.22. The molecule has 0 fully saturated rings. The molecule has 1 aliphatic rings. The van der Waals surface area contributed by atoms with Crippen LogP contribution in [0.4, 0.5) is 17.2 Å². The Labute approximate surface area is 151 Å². The largest absolute Gasteiger partial charge is 0.435 e. The van der Waals surface area contributed by atoms with Gasteiger partial charge in [-0.2, -0.15) is 0 Å². The standard InChI is InChI=1S/C21H18N4O/c1-12-7-9-15-16-10-8-13(2)23-21(16)26-19(15)18(12)25-14(3)24(4)17-6-5-11-22-20(17)25/h5-11H,3H2,1-2,4H3. The minimum Gasteiger partial charge on any atom is -0.435 e. The fraction of sp³-hybridized carbons (Fsp3) is 0.143. The van der Waals surface area contributed by atoms with E-state index in [9.17, 15) is 0 Å². The van der Waals surface area contributed by atoms with Gasteiger partial charge in [0.1, 0.15) is 0 Å². The van der Waals surface area contributed by atoms with Gasteiger partial charge in [-0.05, 0) is 50.6 Å². The van der Waals surface area contributed by atoms with Crippen molar-refractivity contribution in [2.24, 2.45) is 0 Å². The molecule has 1 aliphatic heterocycles. The Kier molecular flexibility index (Phi) is 3.04. The van der Waals surface area contributed by atoms with Gasteiger partial charge in [-0.3, -0.25) is 4.90 Å². The van der Waals surface area contributed by atoms with E-state index < -0.39 is 0 Å².